The van der Waals surface area contributed by atoms with Crippen molar-refractivity contribution in [2.45, 2.75) is 77.4 Å². The molecule has 1 fully saturated rings. The van der Waals surface area contributed by atoms with Crippen LogP contribution in [0.15, 0.2) is 36.4 Å². The summed E-state index contributed by atoms with van der Waals surface area (Å²) in [4.78, 5) is 14.9. The predicted octanol–water partition coefficient (Wildman–Crippen LogP) is 6.30. The smallest absolute Gasteiger partial charge is 0.247 e. The third-order valence-corrected chi connectivity index (χ3v) is 12.6. The second-order valence-corrected chi connectivity index (χ2v) is 14.5. The number of carbonyl (C=O) groups excluding carboxylic acids is 1. The molecule has 0 unspecified atom stereocenters. The van der Waals surface area contributed by atoms with Crippen LogP contribution in [0.2, 0.25) is 16.6 Å². The van der Waals surface area contributed by atoms with E-state index in [1.807, 2.05) is 23.1 Å². The van der Waals surface area contributed by atoms with Gasteiger partial charge in [-0.2, -0.15) is 0 Å². The van der Waals surface area contributed by atoms with Gasteiger partial charge in [-0.25, -0.2) is 0 Å². The molecular weight excluding hydrogens is 358 g/mol. The van der Waals surface area contributed by atoms with Crippen molar-refractivity contribution in [3.63, 3.8) is 0 Å². The van der Waals surface area contributed by atoms with Gasteiger partial charge in [0.2, 0.25) is 5.91 Å². The molecule has 1 amide bonds. The van der Waals surface area contributed by atoms with E-state index in [2.05, 4.69) is 65.1 Å². The summed E-state index contributed by atoms with van der Waals surface area (Å²) in [6, 6.07) is 10.2. The van der Waals surface area contributed by atoms with E-state index in [1.165, 1.54) is 6.42 Å². The third kappa shape index (κ3) is 5.17. The van der Waals surface area contributed by atoms with Crippen LogP contribution in [0, 0.1) is 11.5 Å². The predicted molar refractivity (Wildman–Crippen MR) is 124 cm³/mol. The van der Waals surface area contributed by atoms with E-state index in [4.69, 9.17) is 0 Å². The Hall–Kier alpha value is -1.79. The summed E-state index contributed by atoms with van der Waals surface area (Å²) in [5.41, 5.74) is 7.44. The van der Waals surface area contributed by atoms with Crippen molar-refractivity contribution in [1.29, 1.82) is 0 Å². The van der Waals surface area contributed by atoms with Gasteiger partial charge in [0.15, 0.2) is 0 Å². The Morgan fingerprint density at radius 2 is 1.46 bits per heavy atom. The van der Waals surface area contributed by atoms with Gasteiger partial charge in [0.1, 0.15) is 8.07 Å². The van der Waals surface area contributed by atoms with Crippen LogP contribution in [0.1, 0.15) is 66.4 Å². The van der Waals surface area contributed by atoms with Gasteiger partial charge in [-0.1, -0.05) is 77.8 Å². The minimum absolute atomic E-state index is 0.110. The van der Waals surface area contributed by atoms with Gasteiger partial charge in [0.25, 0.3) is 0 Å². The molecule has 1 aromatic rings. The number of carbonyl (C=O) groups is 1. The number of rotatable bonds is 5. The van der Waals surface area contributed by atoms with E-state index < -0.39 is 8.07 Å². The summed E-state index contributed by atoms with van der Waals surface area (Å²) < 4.78 is 0. The second kappa shape index (κ2) is 10.1. The normalized spacial score (nSPS) is 15.8. The molecule has 0 spiro atoms. The first-order valence-electron chi connectivity index (χ1n) is 10.9. The standard InChI is InChI=1S/C25H37NOSi/c1-20(2)28(21(3)4,22(5)6)18-15-24(23-13-9-7-10-14-23)19-25(27)26-16-11-8-12-17-26/h7,9-10,13-14,19-22H,8,11-12,16-17H2,1-6H3/b24-19+. The molecule has 28 heavy (non-hydrogen) atoms. The Morgan fingerprint density at radius 1 is 0.929 bits per heavy atom. The highest BCUT2D eigenvalue weighted by Gasteiger charge is 2.41. The molecule has 152 valence electrons. The molecule has 0 radical (unpaired) electrons. The molecule has 0 N–H and O–H groups in total. The Kier molecular flexibility index (Phi) is 8.13. The minimum atomic E-state index is -1.84. The summed E-state index contributed by atoms with van der Waals surface area (Å²) in [7, 11) is -1.84. The van der Waals surface area contributed by atoms with Gasteiger partial charge >= 0.3 is 0 Å². The van der Waals surface area contributed by atoms with Crippen molar-refractivity contribution in [3.05, 3.63) is 42.0 Å². The zero-order valence-electron chi connectivity index (χ0n) is 18.6. The average Bonchev–Trinajstić information content (AvgIpc) is 2.68. The van der Waals surface area contributed by atoms with E-state index in [0.717, 1.165) is 37.1 Å². The van der Waals surface area contributed by atoms with Gasteiger partial charge in [-0.3, -0.25) is 4.79 Å². The topological polar surface area (TPSA) is 20.3 Å². The highest BCUT2D eigenvalue weighted by molar-refractivity contribution is 6.90. The number of nitrogens with zero attached hydrogens (tertiary/aromatic N) is 1. The summed E-state index contributed by atoms with van der Waals surface area (Å²) in [6.45, 7) is 15.7. The summed E-state index contributed by atoms with van der Waals surface area (Å²) >= 11 is 0. The molecule has 0 aromatic heterocycles. The average molecular weight is 396 g/mol. The van der Waals surface area contributed by atoms with E-state index >= 15 is 0 Å². The summed E-state index contributed by atoms with van der Waals surface area (Å²) in [5, 5.41) is 0. The highest BCUT2D eigenvalue weighted by Crippen LogP contribution is 2.41. The minimum Gasteiger partial charge on any atom is -0.339 e. The van der Waals surface area contributed by atoms with Crippen LogP contribution in [-0.2, 0) is 4.79 Å². The molecule has 0 atom stereocenters. The van der Waals surface area contributed by atoms with Crippen LogP contribution in [0.4, 0.5) is 0 Å². The lowest BCUT2D eigenvalue weighted by Crippen LogP contribution is -2.43. The lowest BCUT2D eigenvalue weighted by molar-refractivity contribution is -0.126. The summed E-state index contributed by atoms with van der Waals surface area (Å²) in [5.74, 6) is 3.63. The summed E-state index contributed by atoms with van der Waals surface area (Å²) in [6.07, 6.45) is 5.23. The van der Waals surface area contributed by atoms with E-state index in [-0.39, 0.29) is 5.91 Å². The molecule has 2 rings (SSSR count). The lowest BCUT2D eigenvalue weighted by Gasteiger charge is -2.38. The molecule has 3 heteroatoms. The fraction of sp³-hybridized carbons (Fsp3) is 0.560. The van der Waals surface area contributed by atoms with Gasteiger partial charge in [0, 0.05) is 24.7 Å². The van der Waals surface area contributed by atoms with Crippen LogP contribution < -0.4 is 0 Å². The maximum Gasteiger partial charge on any atom is 0.247 e. The van der Waals surface area contributed by atoms with Crippen molar-refractivity contribution >= 4 is 19.6 Å². The number of hydrogen-bond donors (Lipinski definition) is 0. The fourth-order valence-corrected chi connectivity index (χ4v) is 9.96. The highest BCUT2D eigenvalue weighted by atomic mass is 28.3. The SMILES string of the molecule is CC(C)[Si](C#C/C(=C\C(=O)N1CCCCC1)c1ccccc1)(C(C)C)C(C)C. The first-order valence-corrected chi connectivity index (χ1v) is 13.1. The number of allylic oxidation sites excluding steroid dienone is 1. The second-order valence-electron chi connectivity index (χ2n) is 8.96. The molecule has 0 saturated carbocycles. The maximum atomic E-state index is 12.9. The van der Waals surface area contributed by atoms with Gasteiger partial charge in [0.05, 0.1) is 0 Å². The largest absolute Gasteiger partial charge is 0.339 e. The fourth-order valence-electron chi connectivity index (χ4n) is 4.75. The zero-order chi connectivity index (χ0) is 20.7. The van der Waals surface area contributed by atoms with E-state index in [9.17, 15) is 4.79 Å². The maximum absolute atomic E-state index is 12.9. The van der Waals surface area contributed by atoms with Crippen molar-refractivity contribution in [1.82, 2.24) is 4.90 Å². The van der Waals surface area contributed by atoms with Crippen molar-refractivity contribution in [2.24, 2.45) is 0 Å². The molecule has 1 aromatic carbocycles. The molecule has 2 nitrogen and oxygen atoms in total. The number of piperidine rings is 1. The molecule has 0 aliphatic carbocycles. The third-order valence-electron chi connectivity index (χ3n) is 6.30. The number of likely N-dealkylation sites (tertiary alicyclic amines) is 1. The van der Waals surface area contributed by atoms with Crippen molar-refractivity contribution in [3.8, 4) is 11.5 Å². The Bertz CT molecular complexity index is 709. The van der Waals surface area contributed by atoms with Crippen molar-refractivity contribution in [2.75, 3.05) is 13.1 Å². The monoisotopic (exact) mass is 395 g/mol. The van der Waals surface area contributed by atoms with Crippen LogP contribution in [-0.4, -0.2) is 32.0 Å². The van der Waals surface area contributed by atoms with E-state index in [1.54, 1.807) is 6.08 Å². The Labute approximate surface area is 173 Å². The molecule has 0 bridgehead atoms. The first-order chi connectivity index (χ1) is 13.3. The van der Waals surface area contributed by atoms with Gasteiger partial charge < -0.3 is 4.90 Å². The zero-order valence-corrected chi connectivity index (χ0v) is 19.6. The lowest BCUT2D eigenvalue weighted by atomic mass is 10.1. The van der Waals surface area contributed by atoms with Crippen LogP contribution in [0.3, 0.4) is 0 Å². The molecule has 1 saturated heterocycles. The number of amides is 1. The van der Waals surface area contributed by atoms with Gasteiger partial charge in [-0.15, -0.1) is 5.54 Å². The van der Waals surface area contributed by atoms with Crippen LogP contribution >= 0.6 is 0 Å². The molecule has 1 aliphatic heterocycles. The number of benzene rings is 1. The molecular formula is C25H37NOSi. The van der Waals surface area contributed by atoms with Crippen LogP contribution in [0.25, 0.3) is 5.57 Å². The first kappa shape index (κ1) is 22.5. The quantitative estimate of drug-likeness (QED) is 0.325. The Balaban J connectivity index is 2.48. The van der Waals surface area contributed by atoms with Gasteiger partial charge in [-0.05, 0) is 41.4 Å². The van der Waals surface area contributed by atoms with E-state index in [0.29, 0.717) is 16.6 Å². The van der Waals surface area contributed by atoms with Crippen LogP contribution in [0.5, 0.6) is 0 Å². The molecule has 1 aliphatic rings. The van der Waals surface area contributed by atoms with Crippen molar-refractivity contribution < 1.29 is 4.79 Å². The number of hydrogen-bond acceptors (Lipinski definition) is 1. The molecule has 1 heterocycles. The Morgan fingerprint density at radius 3 is 1.96 bits per heavy atom.